The van der Waals surface area contributed by atoms with Crippen molar-refractivity contribution in [2.24, 2.45) is 0 Å². The molecule has 0 fully saturated rings. The van der Waals surface area contributed by atoms with Gasteiger partial charge in [-0.1, -0.05) is 30.3 Å². The number of pyridine rings is 1. The van der Waals surface area contributed by atoms with Gasteiger partial charge in [-0.3, -0.25) is 14.6 Å². The number of carbonyl (C=O) groups is 2. The minimum atomic E-state index is -0.0662. The van der Waals surface area contributed by atoms with Gasteiger partial charge in [0.2, 0.25) is 5.91 Å². The minimum absolute atomic E-state index is 0.00772. The van der Waals surface area contributed by atoms with Gasteiger partial charge in [-0.15, -0.1) is 0 Å². The second-order valence-electron chi connectivity index (χ2n) is 7.62. The molecule has 2 heterocycles. The van der Waals surface area contributed by atoms with E-state index >= 15 is 0 Å². The summed E-state index contributed by atoms with van der Waals surface area (Å²) in [5.41, 5.74) is 5.81. The summed E-state index contributed by atoms with van der Waals surface area (Å²) in [7, 11) is 0. The maximum atomic E-state index is 12.8. The maximum absolute atomic E-state index is 12.8. The van der Waals surface area contributed by atoms with Crippen LogP contribution in [0.4, 0.5) is 11.4 Å². The number of anilines is 2. The lowest BCUT2D eigenvalue weighted by Gasteiger charge is -2.18. The molecule has 0 bridgehead atoms. The average Bonchev–Trinajstić information content (AvgIpc) is 3.18. The highest BCUT2D eigenvalue weighted by Crippen LogP contribution is 2.32. The number of benzene rings is 2. The Bertz CT molecular complexity index is 1060. The quantitative estimate of drug-likeness (QED) is 0.661. The SMILES string of the molecule is Cc1ccccc1CCCC(=O)Nc1ccc2c(c1)N(C(=O)c1cccnc1)CC2. The van der Waals surface area contributed by atoms with Crippen molar-refractivity contribution < 1.29 is 9.59 Å². The molecule has 0 aliphatic carbocycles. The normalized spacial score (nSPS) is 12.5. The first-order chi connectivity index (χ1) is 14.6. The molecule has 1 aliphatic rings. The average molecular weight is 399 g/mol. The van der Waals surface area contributed by atoms with Gasteiger partial charge in [0.1, 0.15) is 0 Å². The number of hydrogen-bond donors (Lipinski definition) is 1. The number of aryl methyl sites for hydroxylation is 2. The van der Waals surface area contributed by atoms with Gasteiger partial charge < -0.3 is 10.2 Å². The molecule has 3 aromatic rings. The first-order valence-corrected chi connectivity index (χ1v) is 10.3. The third-order valence-corrected chi connectivity index (χ3v) is 5.53. The molecule has 30 heavy (non-hydrogen) atoms. The van der Waals surface area contributed by atoms with E-state index in [1.807, 2.05) is 30.3 Å². The summed E-state index contributed by atoms with van der Waals surface area (Å²) in [6.07, 6.45) is 6.20. The Balaban J connectivity index is 1.38. The lowest BCUT2D eigenvalue weighted by molar-refractivity contribution is -0.116. The highest BCUT2D eigenvalue weighted by atomic mass is 16.2. The van der Waals surface area contributed by atoms with Crippen LogP contribution in [0, 0.1) is 6.92 Å². The van der Waals surface area contributed by atoms with Crippen LogP contribution in [0.25, 0.3) is 0 Å². The van der Waals surface area contributed by atoms with E-state index in [0.717, 1.165) is 36.2 Å². The first-order valence-electron chi connectivity index (χ1n) is 10.3. The molecule has 0 saturated heterocycles. The van der Waals surface area contributed by atoms with Crippen LogP contribution in [0.2, 0.25) is 0 Å². The largest absolute Gasteiger partial charge is 0.326 e. The van der Waals surface area contributed by atoms with E-state index < -0.39 is 0 Å². The zero-order valence-electron chi connectivity index (χ0n) is 17.1. The number of carbonyl (C=O) groups excluding carboxylic acids is 2. The standard InChI is InChI=1S/C25H25N3O2/c1-18-6-2-3-7-19(18)8-4-10-24(29)27-22-12-11-20-13-15-28(23(20)16-22)25(30)21-9-5-14-26-17-21/h2-3,5-7,9,11-12,14,16-17H,4,8,10,13,15H2,1H3,(H,27,29). The van der Waals surface area contributed by atoms with Crippen LogP contribution in [-0.2, 0) is 17.6 Å². The topological polar surface area (TPSA) is 62.3 Å². The molecule has 5 nitrogen and oxygen atoms in total. The molecule has 4 rings (SSSR count). The summed E-state index contributed by atoms with van der Waals surface area (Å²) in [6.45, 7) is 2.73. The van der Waals surface area contributed by atoms with E-state index in [2.05, 4.69) is 29.4 Å². The van der Waals surface area contributed by atoms with E-state index in [1.54, 1.807) is 29.4 Å². The van der Waals surface area contributed by atoms with Crippen molar-refractivity contribution in [3.8, 4) is 0 Å². The van der Waals surface area contributed by atoms with Crippen LogP contribution in [0.15, 0.2) is 67.0 Å². The van der Waals surface area contributed by atoms with E-state index in [4.69, 9.17) is 0 Å². The molecule has 0 atom stereocenters. The van der Waals surface area contributed by atoms with Crippen LogP contribution in [0.1, 0.15) is 39.9 Å². The second kappa shape index (κ2) is 8.91. The van der Waals surface area contributed by atoms with Gasteiger partial charge in [0.05, 0.1) is 5.56 Å². The number of aromatic nitrogens is 1. The first kappa shape index (κ1) is 19.8. The fraction of sp³-hybridized carbons (Fsp3) is 0.240. The molecule has 1 N–H and O–H groups in total. The summed E-state index contributed by atoms with van der Waals surface area (Å²) in [6, 6.07) is 17.6. The Morgan fingerprint density at radius 3 is 2.77 bits per heavy atom. The fourth-order valence-electron chi connectivity index (χ4n) is 3.87. The summed E-state index contributed by atoms with van der Waals surface area (Å²) in [4.78, 5) is 31.1. The van der Waals surface area contributed by atoms with Crippen LogP contribution in [0.3, 0.4) is 0 Å². The summed E-state index contributed by atoms with van der Waals surface area (Å²) >= 11 is 0. The number of rotatable bonds is 6. The summed E-state index contributed by atoms with van der Waals surface area (Å²) in [5.74, 6) is -0.0739. The van der Waals surface area contributed by atoms with E-state index in [0.29, 0.717) is 18.5 Å². The Labute approximate surface area is 176 Å². The highest BCUT2D eigenvalue weighted by molar-refractivity contribution is 6.07. The van der Waals surface area contributed by atoms with Gasteiger partial charge in [-0.25, -0.2) is 0 Å². The van der Waals surface area contributed by atoms with Gasteiger partial charge in [0, 0.05) is 36.7 Å². The molecule has 5 heteroatoms. The molecule has 152 valence electrons. The van der Waals surface area contributed by atoms with Crippen molar-refractivity contribution in [2.75, 3.05) is 16.8 Å². The van der Waals surface area contributed by atoms with Crippen LogP contribution >= 0.6 is 0 Å². The fourth-order valence-corrected chi connectivity index (χ4v) is 3.87. The summed E-state index contributed by atoms with van der Waals surface area (Å²) < 4.78 is 0. The molecule has 0 unspecified atom stereocenters. The number of nitrogens with zero attached hydrogens (tertiary/aromatic N) is 2. The van der Waals surface area contributed by atoms with Gasteiger partial charge in [0.25, 0.3) is 5.91 Å². The monoisotopic (exact) mass is 399 g/mol. The Hall–Kier alpha value is -3.47. The van der Waals surface area contributed by atoms with Gasteiger partial charge >= 0.3 is 0 Å². The molecular weight excluding hydrogens is 374 g/mol. The van der Waals surface area contributed by atoms with E-state index in [1.165, 1.54) is 11.1 Å². The molecule has 1 aliphatic heterocycles. The predicted octanol–water partition coefficient (Wildman–Crippen LogP) is 4.55. The second-order valence-corrected chi connectivity index (χ2v) is 7.62. The van der Waals surface area contributed by atoms with Crippen molar-refractivity contribution in [3.05, 3.63) is 89.2 Å². The maximum Gasteiger partial charge on any atom is 0.259 e. The third-order valence-electron chi connectivity index (χ3n) is 5.53. The van der Waals surface area contributed by atoms with Crippen molar-refractivity contribution >= 4 is 23.2 Å². The highest BCUT2D eigenvalue weighted by Gasteiger charge is 2.26. The Morgan fingerprint density at radius 2 is 1.97 bits per heavy atom. The number of nitrogens with one attached hydrogen (secondary N) is 1. The van der Waals surface area contributed by atoms with Crippen molar-refractivity contribution in [2.45, 2.75) is 32.6 Å². The van der Waals surface area contributed by atoms with Crippen LogP contribution in [-0.4, -0.2) is 23.3 Å². The lowest BCUT2D eigenvalue weighted by atomic mass is 10.0. The molecule has 2 amide bonds. The number of fused-ring (bicyclic) bond motifs is 1. The van der Waals surface area contributed by atoms with Crippen molar-refractivity contribution in [3.63, 3.8) is 0 Å². The molecule has 2 aromatic carbocycles. The van der Waals surface area contributed by atoms with Gasteiger partial charge in [-0.05, 0) is 67.1 Å². The van der Waals surface area contributed by atoms with Gasteiger partial charge in [0.15, 0.2) is 0 Å². The zero-order valence-corrected chi connectivity index (χ0v) is 17.1. The number of amides is 2. The molecule has 0 radical (unpaired) electrons. The zero-order chi connectivity index (χ0) is 20.9. The van der Waals surface area contributed by atoms with E-state index in [9.17, 15) is 9.59 Å². The lowest BCUT2D eigenvalue weighted by Crippen LogP contribution is -2.29. The Morgan fingerprint density at radius 1 is 1.10 bits per heavy atom. The van der Waals surface area contributed by atoms with Crippen LogP contribution in [0.5, 0.6) is 0 Å². The van der Waals surface area contributed by atoms with Gasteiger partial charge in [-0.2, -0.15) is 0 Å². The van der Waals surface area contributed by atoms with Crippen LogP contribution < -0.4 is 10.2 Å². The van der Waals surface area contributed by atoms with Crippen molar-refractivity contribution in [1.82, 2.24) is 4.98 Å². The van der Waals surface area contributed by atoms with Crippen molar-refractivity contribution in [1.29, 1.82) is 0 Å². The molecular formula is C25H25N3O2. The predicted molar refractivity (Wildman–Crippen MR) is 119 cm³/mol. The summed E-state index contributed by atoms with van der Waals surface area (Å²) in [5, 5.41) is 2.98. The smallest absolute Gasteiger partial charge is 0.259 e. The van der Waals surface area contributed by atoms with E-state index in [-0.39, 0.29) is 11.8 Å². The third kappa shape index (κ3) is 4.40. The molecule has 0 saturated carbocycles. The molecule has 0 spiro atoms. The number of hydrogen-bond acceptors (Lipinski definition) is 3. The molecule has 1 aromatic heterocycles. The minimum Gasteiger partial charge on any atom is -0.326 e. The Kier molecular flexibility index (Phi) is 5.89.